The van der Waals surface area contributed by atoms with Crippen molar-refractivity contribution in [1.29, 1.82) is 0 Å². The Balaban J connectivity index is 2.86. The third-order valence-corrected chi connectivity index (χ3v) is 2.94. The molecule has 0 aliphatic carbocycles. The third-order valence-electron chi connectivity index (χ3n) is 2.44. The average molecular weight is 300 g/mol. The topological polar surface area (TPSA) is 66.4 Å². The summed E-state index contributed by atoms with van der Waals surface area (Å²) in [7, 11) is 0. The van der Waals surface area contributed by atoms with Gasteiger partial charge in [0.05, 0.1) is 0 Å². The molecule has 0 aromatic heterocycles. The van der Waals surface area contributed by atoms with Gasteiger partial charge in [0.25, 0.3) is 5.91 Å². The van der Waals surface area contributed by atoms with E-state index in [1.807, 2.05) is 6.07 Å². The molecule has 1 atom stereocenters. The van der Waals surface area contributed by atoms with E-state index in [9.17, 15) is 9.59 Å². The number of carbonyl (C=O) groups is 2. The molecule has 92 valence electrons. The standard InChI is InChI=1S/C12H14BrNO3/c1-3-10(12(16)17)14-11(15)9-5-4-8(13)6-7(9)2/h4-6,10H,3H2,1-2H3,(H,14,15)(H,16,17)/t10-/m0/s1. The van der Waals surface area contributed by atoms with Crippen LogP contribution in [0.5, 0.6) is 0 Å². The number of hydrogen-bond donors (Lipinski definition) is 2. The molecule has 0 bridgehead atoms. The fourth-order valence-electron chi connectivity index (χ4n) is 1.46. The quantitative estimate of drug-likeness (QED) is 0.897. The van der Waals surface area contributed by atoms with Gasteiger partial charge in [0, 0.05) is 10.0 Å². The second-order valence-corrected chi connectivity index (χ2v) is 4.65. The lowest BCUT2D eigenvalue weighted by molar-refractivity contribution is -0.139. The number of aliphatic carboxylic acids is 1. The number of aryl methyl sites for hydroxylation is 1. The van der Waals surface area contributed by atoms with Crippen LogP contribution >= 0.6 is 15.9 Å². The largest absolute Gasteiger partial charge is 0.480 e. The van der Waals surface area contributed by atoms with E-state index in [1.54, 1.807) is 26.0 Å². The van der Waals surface area contributed by atoms with E-state index in [0.717, 1.165) is 10.0 Å². The number of carbonyl (C=O) groups excluding carboxylic acids is 1. The summed E-state index contributed by atoms with van der Waals surface area (Å²) < 4.78 is 0.886. The van der Waals surface area contributed by atoms with Crippen LogP contribution in [0.4, 0.5) is 0 Å². The Kier molecular flexibility index (Phi) is 4.69. The Morgan fingerprint density at radius 2 is 2.12 bits per heavy atom. The van der Waals surface area contributed by atoms with Crippen molar-refractivity contribution >= 4 is 27.8 Å². The zero-order valence-electron chi connectivity index (χ0n) is 9.66. The first-order valence-electron chi connectivity index (χ1n) is 5.25. The Morgan fingerprint density at radius 1 is 1.47 bits per heavy atom. The van der Waals surface area contributed by atoms with Crippen LogP contribution in [0.15, 0.2) is 22.7 Å². The lowest BCUT2D eigenvalue weighted by Gasteiger charge is -2.13. The maximum atomic E-state index is 11.9. The molecule has 1 rings (SSSR count). The summed E-state index contributed by atoms with van der Waals surface area (Å²) in [5, 5.41) is 11.3. The lowest BCUT2D eigenvalue weighted by Crippen LogP contribution is -2.40. The van der Waals surface area contributed by atoms with Gasteiger partial charge in [-0.15, -0.1) is 0 Å². The molecular formula is C12H14BrNO3. The van der Waals surface area contributed by atoms with Crippen molar-refractivity contribution in [2.75, 3.05) is 0 Å². The van der Waals surface area contributed by atoms with Gasteiger partial charge in [-0.1, -0.05) is 22.9 Å². The van der Waals surface area contributed by atoms with Gasteiger partial charge >= 0.3 is 5.97 Å². The van der Waals surface area contributed by atoms with Gasteiger partial charge in [0.15, 0.2) is 0 Å². The molecular weight excluding hydrogens is 286 g/mol. The number of carboxylic acids is 1. The van der Waals surface area contributed by atoms with E-state index < -0.39 is 12.0 Å². The first-order valence-corrected chi connectivity index (χ1v) is 6.04. The summed E-state index contributed by atoms with van der Waals surface area (Å²) >= 11 is 3.31. The highest BCUT2D eigenvalue weighted by molar-refractivity contribution is 9.10. The number of nitrogens with one attached hydrogen (secondary N) is 1. The highest BCUT2D eigenvalue weighted by Crippen LogP contribution is 2.16. The van der Waals surface area contributed by atoms with E-state index in [0.29, 0.717) is 12.0 Å². The Bertz CT molecular complexity index is 445. The van der Waals surface area contributed by atoms with Gasteiger partial charge < -0.3 is 10.4 Å². The van der Waals surface area contributed by atoms with E-state index >= 15 is 0 Å². The van der Waals surface area contributed by atoms with E-state index in [-0.39, 0.29) is 5.91 Å². The summed E-state index contributed by atoms with van der Waals surface area (Å²) in [6.07, 6.45) is 0.358. The molecule has 0 saturated carbocycles. The first-order chi connectivity index (χ1) is 7.95. The number of benzene rings is 1. The van der Waals surface area contributed by atoms with Crippen molar-refractivity contribution in [2.24, 2.45) is 0 Å². The Labute approximate surface area is 108 Å². The second-order valence-electron chi connectivity index (χ2n) is 3.73. The predicted molar refractivity (Wildman–Crippen MR) is 68.1 cm³/mol. The van der Waals surface area contributed by atoms with Gasteiger partial charge in [-0.2, -0.15) is 0 Å². The molecule has 0 unspecified atom stereocenters. The zero-order chi connectivity index (χ0) is 13.0. The Morgan fingerprint density at radius 3 is 2.59 bits per heavy atom. The minimum atomic E-state index is -1.02. The van der Waals surface area contributed by atoms with E-state index in [1.165, 1.54) is 0 Å². The molecule has 0 fully saturated rings. The molecule has 0 saturated heterocycles. The van der Waals surface area contributed by atoms with Crippen LogP contribution in [-0.4, -0.2) is 23.0 Å². The first kappa shape index (κ1) is 13.7. The highest BCUT2D eigenvalue weighted by atomic mass is 79.9. The molecule has 0 radical (unpaired) electrons. The average Bonchev–Trinajstić information content (AvgIpc) is 2.24. The summed E-state index contributed by atoms with van der Waals surface area (Å²) in [5.74, 6) is -1.38. The molecule has 17 heavy (non-hydrogen) atoms. The van der Waals surface area contributed by atoms with Crippen LogP contribution in [0, 0.1) is 6.92 Å². The molecule has 2 N–H and O–H groups in total. The monoisotopic (exact) mass is 299 g/mol. The Hall–Kier alpha value is -1.36. The number of amides is 1. The highest BCUT2D eigenvalue weighted by Gasteiger charge is 2.19. The molecule has 0 aliphatic rings. The van der Waals surface area contributed by atoms with Gasteiger partial charge in [0.2, 0.25) is 0 Å². The summed E-state index contributed by atoms with van der Waals surface area (Å²) in [6.45, 7) is 3.52. The van der Waals surface area contributed by atoms with Crippen molar-refractivity contribution in [3.63, 3.8) is 0 Å². The van der Waals surface area contributed by atoms with Crippen molar-refractivity contribution in [3.8, 4) is 0 Å². The maximum absolute atomic E-state index is 11.9. The summed E-state index contributed by atoms with van der Waals surface area (Å²) in [6, 6.07) is 4.40. The van der Waals surface area contributed by atoms with Gasteiger partial charge in [0.1, 0.15) is 6.04 Å². The zero-order valence-corrected chi connectivity index (χ0v) is 11.2. The van der Waals surface area contributed by atoms with Crippen molar-refractivity contribution in [2.45, 2.75) is 26.3 Å². The molecule has 5 heteroatoms. The number of hydrogen-bond acceptors (Lipinski definition) is 2. The summed E-state index contributed by atoms with van der Waals surface area (Å²) in [4.78, 5) is 22.7. The molecule has 4 nitrogen and oxygen atoms in total. The smallest absolute Gasteiger partial charge is 0.326 e. The molecule has 0 spiro atoms. The fraction of sp³-hybridized carbons (Fsp3) is 0.333. The van der Waals surface area contributed by atoms with Crippen molar-refractivity contribution in [3.05, 3.63) is 33.8 Å². The van der Waals surface area contributed by atoms with Crippen LogP contribution in [-0.2, 0) is 4.79 Å². The fourth-order valence-corrected chi connectivity index (χ4v) is 1.93. The number of carboxylic acid groups (broad SMARTS) is 1. The second kappa shape index (κ2) is 5.82. The maximum Gasteiger partial charge on any atom is 0.326 e. The predicted octanol–water partition coefficient (Wildman–Crippen LogP) is 2.35. The molecule has 1 amide bonds. The van der Waals surface area contributed by atoms with Crippen molar-refractivity contribution in [1.82, 2.24) is 5.32 Å². The molecule has 0 aliphatic heterocycles. The lowest BCUT2D eigenvalue weighted by atomic mass is 10.1. The van der Waals surface area contributed by atoms with Gasteiger partial charge in [-0.05, 0) is 37.1 Å². The van der Waals surface area contributed by atoms with Crippen LogP contribution in [0.1, 0.15) is 29.3 Å². The van der Waals surface area contributed by atoms with Crippen LogP contribution in [0.2, 0.25) is 0 Å². The van der Waals surface area contributed by atoms with Crippen molar-refractivity contribution < 1.29 is 14.7 Å². The normalized spacial score (nSPS) is 11.9. The SMILES string of the molecule is CC[C@H](NC(=O)c1ccc(Br)cc1C)C(=O)O. The summed E-state index contributed by atoms with van der Waals surface area (Å²) in [5.41, 5.74) is 1.30. The van der Waals surface area contributed by atoms with E-state index in [2.05, 4.69) is 21.2 Å². The number of halogens is 1. The van der Waals surface area contributed by atoms with Gasteiger partial charge in [-0.25, -0.2) is 4.79 Å². The van der Waals surface area contributed by atoms with Crippen LogP contribution in [0.25, 0.3) is 0 Å². The molecule has 1 aromatic rings. The molecule has 1 aromatic carbocycles. The number of rotatable bonds is 4. The van der Waals surface area contributed by atoms with E-state index in [4.69, 9.17) is 5.11 Å². The minimum Gasteiger partial charge on any atom is -0.480 e. The minimum absolute atomic E-state index is 0.357. The molecule has 0 heterocycles. The van der Waals surface area contributed by atoms with Crippen LogP contribution < -0.4 is 5.32 Å². The van der Waals surface area contributed by atoms with Crippen LogP contribution in [0.3, 0.4) is 0 Å². The van der Waals surface area contributed by atoms with Gasteiger partial charge in [-0.3, -0.25) is 4.79 Å². The third kappa shape index (κ3) is 3.56.